The Hall–Kier alpha value is -2.63. The third-order valence-corrected chi connectivity index (χ3v) is 2.95. The Balaban J connectivity index is 1.98. The Bertz CT molecular complexity index is 695. The molecule has 0 aliphatic heterocycles. The first kappa shape index (κ1) is 11.5. The second-order valence-electron chi connectivity index (χ2n) is 4.30. The van der Waals surface area contributed by atoms with Crippen LogP contribution in [0.15, 0.2) is 36.8 Å². The van der Waals surface area contributed by atoms with Crippen molar-refractivity contribution in [2.45, 2.75) is 13.0 Å². The second kappa shape index (κ2) is 4.56. The lowest BCUT2D eigenvalue weighted by molar-refractivity contribution is 0.476. The van der Waals surface area contributed by atoms with Gasteiger partial charge in [0.25, 0.3) is 0 Å². The van der Waals surface area contributed by atoms with E-state index >= 15 is 0 Å². The number of hydrogen-bond acceptors (Lipinski definition) is 5. The highest BCUT2D eigenvalue weighted by Gasteiger charge is 2.11. The molecule has 1 aromatic carbocycles. The number of fused-ring (bicyclic) bond motifs is 1. The standard InChI is InChI=1S/C13H13N5O/c1-8(12-15-7-16-18-12)17-13-11-6-10(19)3-2-9(11)4-5-14-13/h2-8,19H,1H3,(H,14,17)(H,15,16,18). The number of rotatable bonds is 3. The number of aromatic hydroxyl groups is 1. The molecule has 1 atom stereocenters. The molecule has 0 aliphatic carbocycles. The summed E-state index contributed by atoms with van der Waals surface area (Å²) in [5.74, 6) is 1.66. The number of phenolic OH excluding ortho intramolecular Hbond substituents is 1. The highest BCUT2D eigenvalue weighted by atomic mass is 16.3. The summed E-state index contributed by atoms with van der Waals surface area (Å²) < 4.78 is 0. The zero-order chi connectivity index (χ0) is 13.2. The molecule has 96 valence electrons. The number of pyridine rings is 1. The van der Waals surface area contributed by atoms with Gasteiger partial charge in [-0.05, 0) is 30.5 Å². The maximum atomic E-state index is 9.59. The van der Waals surface area contributed by atoms with Crippen LogP contribution in [0.4, 0.5) is 5.82 Å². The summed E-state index contributed by atoms with van der Waals surface area (Å²) >= 11 is 0. The van der Waals surface area contributed by atoms with E-state index in [1.807, 2.05) is 19.1 Å². The van der Waals surface area contributed by atoms with Gasteiger partial charge < -0.3 is 10.4 Å². The maximum absolute atomic E-state index is 9.59. The SMILES string of the molecule is CC(Nc1nccc2ccc(O)cc12)c1ncn[nH]1. The maximum Gasteiger partial charge on any atom is 0.146 e. The highest BCUT2D eigenvalue weighted by Crippen LogP contribution is 2.27. The van der Waals surface area contributed by atoms with Gasteiger partial charge in [0.05, 0.1) is 6.04 Å². The lowest BCUT2D eigenvalue weighted by Crippen LogP contribution is -2.09. The van der Waals surface area contributed by atoms with Crippen molar-refractivity contribution < 1.29 is 5.11 Å². The van der Waals surface area contributed by atoms with E-state index in [-0.39, 0.29) is 11.8 Å². The van der Waals surface area contributed by atoms with Crippen LogP contribution < -0.4 is 5.32 Å². The molecule has 0 aliphatic rings. The summed E-state index contributed by atoms with van der Waals surface area (Å²) in [5, 5.41) is 21.4. The normalized spacial score (nSPS) is 12.5. The van der Waals surface area contributed by atoms with Crippen molar-refractivity contribution in [3.63, 3.8) is 0 Å². The molecule has 0 bridgehead atoms. The minimum atomic E-state index is -0.0528. The predicted octanol–water partition coefficient (Wildman–Crippen LogP) is 2.23. The Morgan fingerprint density at radius 3 is 2.95 bits per heavy atom. The summed E-state index contributed by atoms with van der Waals surface area (Å²) in [5.41, 5.74) is 0. The van der Waals surface area contributed by atoms with Crippen molar-refractivity contribution >= 4 is 16.6 Å². The van der Waals surface area contributed by atoms with E-state index in [9.17, 15) is 5.11 Å². The first-order valence-corrected chi connectivity index (χ1v) is 5.93. The molecule has 3 aromatic rings. The Kier molecular flexibility index (Phi) is 2.75. The minimum absolute atomic E-state index is 0.0528. The van der Waals surface area contributed by atoms with Gasteiger partial charge in [-0.3, -0.25) is 5.10 Å². The van der Waals surface area contributed by atoms with Crippen LogP contribution in [0.5, 0.6) is 5.75 Å². The highest BCUT2D eigenvalue weighted by molar-refractivity contribution is 5.92. The first-order valence-electron chi connectivity index (χ1n) is 5.93. The number of H-pyrrole nitrogens is 1. The quantitative estimate of drug-likeness (QED) is 0.668. The molecule has 0 amide bonds. The smallest absolute Gasteiger partial charge is 0.146 e. The van der Waals surface area contributed by atoms with Crippen molar-refractivity contribution in [2.24, 2.45) is 0 Å². The number of aromatic nitrogens is 4. The van der Waals surface area contributed by atoms with Crippen LogP contribution >= 0.6 is 0 Å². The fourth-order valence-corrected chi connectivity index (χ4v) is 1.97. The van der Waals surface area contributed by atoms with Crippen LogP contribution in [-0.4, -0.2) is 25.3 Å². The van der Waals surface area contributed by atoms with Gasteiger partial charge in [-0.25, -0.2) is 9.97 Å². The fraction of sp³-hybridized carbons (Fsp3) is 0.154. The first-order chi connectivity index (χ1) is 9.24. The van der Waals surface area contributed by atoms with Gasteiger partial charge in [0.15, 0.2) is 0 Å². The Labute approximate surface area is 109 Å². The number of nitrogens with zero attached hydrogens (tertiary/aromatic N) is 3. The summed E-state index contributed by atoms with van der Waals surface area (Å²) in [6, 6.07) is 7.06. The summed E-state index contributed by atoms with van der Waals surface area (Å²) in [6.07, 6.45) is 3.20. The van der Waals surface area contributed by atoms with E-state index in [0.717, 1.165) is 16.6 Å². The van der Waals surface area contributed by atoms with Crippen molar-refractivity contribution in [3.8, 4) is 5.75 Å². The van der Waals surface area contributed by atoms with E-state index in [4.69, 9.17) is 0 Å². The van der Waals surface area contributed by atoms with Crippen molar-refractivity contribution in [1.29, 1.82) is 0 Å². The van der Waals surface area contributed by atoms with E-state index in [1.54, 1.807) is 18.3 Å². The third kappa shape index (κ3) is 2.20. The third-order valence-electron chi connectivity index (χ3n) is 2.95. The number of anilines is 1. The van der Waals surface area contributed by atoms with Crippen molar-refractivity contribution in [3.05, 3.63) is 42.6 Å². The van der Waals surface area contributed by atoms with Gasteiger partial charge in [0.1, 0.15) is 23.7 Å². The second-order valence-corrected chi connectivity index (χ2v) is 4.30. The number of nitrogens with one attached hydrogen (secondary N) is 2. The van der Waals surface area contributed by atoms with E-state index in [1.165, 1.54) is 6.33 Å². The fourth-order valence-electron chi connectivity index (χ4n) is 1.97. The molecule has 6 nitrogen and oxygen atoms in total. The van der Waals surface area contributed by atoms with Crippen LogP contribution in [-0.2, 0) is 0 Å². The number of phenols is 1. The molecule has 2 aromatic heterocycles. The largest absolute Gasteiger partial charge is 0.508 e. The average molecular weight is 255 g/mol. The van der Waals surface area contributed by atoms with Gasteiger partial charge in [-0.15, -0.1) is 0 Å². The molecule has 0 saturated heterocycles. The predicted molar refractivity (Wildman–Crippen MR) is 71.8 cm³/mol. The zero-order valence-electron chi connectivity index (χ0n) is 10.3. The Morgan fingerprint density at radius 1 is 1.26 bits per heavy atom. The topological polar surface area (TPSA) is 86.7 Å². The molecule has 1 unspecified atom stereocenters. The number of hydrogen-bond donors (Lipinski definition) is 3. The van der Waals surface area contributed by atoms with Gasteiger partial charge in [0, 0.05) is 11.6 Å². The van der Waals surface area contributed by atoms with Crippen LogP contribution in [0.3, 0.4) is 0 Å². The molecule has 0 radical (unpaired) electrons. The molecule has 0 spiro atoms. The molecule has 3 rings (SSSR count). The zero-order valence-corrected chi connectivity index (χ0v) is 10.3. The monoisotopic (exact) mass is 255 g/mol. The summed E-state index contributed by atoms with van der Waals surface area (Å²) in [6.45, 7) is 1.96. The van der Waals surface area contributed by atoms with Gasteiger partial charge in [-0.2, -0.15) is 5.10 Å². The number of benzene rings is 1. The van der Waals surface area contributed by atoms with E-state index in [2.05, 4.69) is 25.5 Å². The molecule has 2 heterocycles. The van der Waals surface area contributed by atoms with Crippen LogP contribution in [0, 0.1) is 0 Å². The number of aromatic amines is 1. The molecule has 0 fully saturated rings. The lowest BCUT2D eigenvalue weighted by Gasteiger charge is -2.13. The minimum Gasteiger partial charge on any atom is -0.508 e. The van der Waals surface area contributed by atoms with Crippen LogP contribution in [0.25, 0.3) is 10.8 Å². The van der Waals surface area contributed by atoms with Gasteiger partial charge in [-0.1, -0.05) is 6.07 Å². The Morgan fingerprint density at radius 2 is 2.16 bits per heavy atom. The molecule has 3 N–H and O–H groups in total. The van der Waals surface area contributed by atoms with Crippen LogP contribution in [0.2, 0.25) is 0 Å². The molecular weight excluding hydrogens is 242 g/mol. The molecular formula is C13H13N5O. The lowest BCUT2D eigenvalue weighted by atomic mass is 10.1. The van der Waals surface area contributed by atoms with Crippen LogP contribution in [0.1, 0.15) is 18.8 Å². The summed E-state index contributed by atoms with van der Waals surface area (Å²) in [7, 11) is 0. The van der Waals surface area contributed by atoms with Gasteiger partial charge in [0.2, 0.25) is 0 Å². The van der Waals surface area contributed by atoms with E-state index < -0.39 is 0 Å². The molecule has 6 heteroatoms. The molecule has 0 saturated carbocycles. The van der Waals surface area contributed by atoms with Crippen molar-refractivity contribution in [1.82, 2.24) is 20.2 Å². The average Bonchev–Trinajstić information content (AvgIpc) is 2.93. The van der Waals surface area contributed by atoms with Crippen molar-refractivity contribution in [2.75, 3.05) is 5.32 Å². The summed E-state index contributed by atoms with van der Waals surface area (Å²) in [4.78, 5) is 8.42. The molecule has 19 heavy (non-hydrogen) atoms. The van der Waals surface area contributed by atoms with Gasteiger partial charge >= 0.3 is 0 Å². The van der Waals surface area contributed by atoms with E-state index in [0.29, 0.717) is 5.82 Å².